The van der Waals surface area contributed by atoms with Gasteiger partial charge in [-0.05, 0) is 51.7 Å². The van der Waals surface area contributed by atoms with Crippen LogP contribution in [0.1, 0.15) is 64.4 Å². The predicted octanol–water partition coefficient (Wildman–Crippen LogP) is 2.71. The quantitative estimate of drug-likeness (QED) is 0.691. The smallest absolute Gasteiger partial charge is 0.235 e. The van der Waals surface area contributed by atoms with Crippen LogP contribution in [0.4, 0.5) is 5.82 Å². The van der Waals surface area contributed by atoms with Crippen molar-refractivity contribution in [3.05, 3.63) is 23.9 Å². The van der Waals surface area contributed by atoms with Crippen molar-refractivity contribution < 1.29 is 14.3 Å². The highest BCUT2D eigenvalue weighted by Crippen LogP contribution is 2.30. The lowest BCUT2D eigenvalue weighted by Gasteiger charge is -2.37. The molecule has 0 bridgehead atoms. The molecule has 1 aromatic rings. The number of pyridine rings is 1. The first kappa shape index (κ1) is 22.8. The van der Waals surface area contributed by atoms with Crippen LogP contribution < -0.4 is 10.6 Å². The summed E-state index contributed by atoms with van der Waals surface area (Å²) in [5.41, 5.74) is 0.294. The molecule has 2 unspecified atom stereocenters. The molecular weight excluding hydrogens is 404 g/mol. The third-order valence-corrected chi connectivity index (χ3v) is 6.36. The molecule has 2 atom stereocenters. The van der Waals surface area contributed by atoms with Crippen LogP contribution in [-0.4, -0.2) is 59.1 Å². The number of nitrogens with zero attached hydrogens (tertiary/aromatic N) is 2. The monoisotopic (exact) mass is 438 g/mol. The van der Waals surface area contributed by atoms with Gasteiger partial charge in [0.05, 0.1) is 18.8 Å². The second-order valence-corrected chi connectivity index (χ2v) is 9.59. The van der Waals surface area contributed by atoms with Gasteiger partial charge in [-0.25, -0.2) is 4.98 Å². The second kappa shape index (κ2) is 10.0. The molecule has 2 amide bonds. The van der Waals surface area contributed by atoms with Crippen molar-refractivity contribution in [2.75, 3.05) is 25.0 Å². The van der Waals surface area contributed by atoms with Gasteiger partial charge in [0.1, 0.15) is 11.4 Å². The molecule has 7 heteroatoms. The molecule has 4 rings (SSSR count). The number of ether oxygens (including phenoxy) is 1. The van der Waals surface area contributed by atoms with Gasteiger partial charge in [0.25, 0.3) is 0 Å². The Hall–Kier alpha value is -2.43. The van der Waals surface area contributed by atoms with Gasteiger partial charge in [-0.1, -0.05) is 31.1 Å². The normalized spacial score (nSPS) is 25.3. The first-order valence-corrected chi connectivity index (χ1v) is 11.9. The molecule has 0 aromatic carbocycles. The third kappa shape index (κ3) is 6.30. The molecule has 1 aromatic heterocycles. The minimum atomic E-state index is -0.488. The Morgan fingerprint density at radius 3 is 2.50 bits per heavy atom. The van der Waals surface area contributed by atoms with Crippen LogP contribution in [0.25, 0.3) is 0 Å². The van der Waals surface area contributed by atoms with E-state index in [1.54, 1.807) is 12.3 Å². The van der Waals surface area contributed by atoms with E-state index in [4.69, 9.17) is 4.74 Å². The van der Waals surface area contributed by atoms with Gasteiger partial charge in [-0.2, -0.15) is 0 Å². The zero-order valence-electron chi connectivity index (χ0n) is 19.2. The van der Waals surface area contributed by atoms with E-state index < -0.39 is 5.54 Å². The average molecular weight is 439 g/mol. The van der Waals surface area contributed by atoms with Crippen molar-refractivity contribution in [1.82, 2.24) is 15.2 Å². The summed E-state index contributed by atoms with van der Waals surface area (Å²) in [5.74, 6) is 7.37. The van der Waals surface area contributed by atoms with E-state index in [2.05, 4.69) is 32.4 Å². The Balaban J connectivity index is 1.39. The maximum atomic E-state index is 12.9. The van der Waals surface area contributed by atoms with Gasteiger partial charge in [-0.3, -0.25) is 14.5 Å². The molecule has 1 saturated heterocycles. The zero-order valence-corrected chi connectivity index (χ0v) is 19.2. The highest BCUT2D eigenvalue weighted by atomic mass is 16.5. The van der Waals surface area contributed by atoms with Gasteiger partial charge in [-0.15, -0.1) is 0 Å². The van der Waals surface area contributed by atoms with Crippen molar-refractivity contribution in [2.24, 2.45) is 5.92 Å². The molecule has 172 valence electrons. The van der Waals surface area contributed by atoms with Crippen molar-refractivity contribution in [3.8, 4) is 11.8 Å². The molecule has 2 N–H and O–H groups in total. The number of hydrogen-bond acceptors (Lipinski definition) is 5. The van der Waals surface area contributed by atoms with Crippen molar-refractivity contribution >= 4 is 17.6 Å². The largest absolute Gasteiger partial charge is 0.373 e. The molecule has 3 fully saturated rings. The number of carbonyl (C=O) groups is 2. The number of nitrogens with one attached hydrogen (secondary N) is 2. The van der Waals surface area contributed by atoms with E-state index >= 15 is 0 Å². The fourth-order valence-corrected chi connectivity index (χ4v) is 4.67. The lowest BCUT2D eigenvalue weighted by molar-refractivity contribution is -0.127. The van der Waals surface area contributed by atoms with E-state index in [0.717, 1.165) is 57.2 Å². The Labute approximate surface area is 190 Å². The molecule has 0 radical (unpaired) electrons. The van der Waals surface area contributed by atoms with Crippen molar-refractivity contribution in [3.63, 3.8) is 0 Å². The summed E-state index contributed by atoms with van der Waals surface area (Å²) >= 11 is 0. The van der Waals surface area contributed by atoms with Gasteiger partial charge < -0.3 is 15.4 Å². The summed E-state index contributed by atoms with van der Waals surface area (Å²) < 4.78 is 5.77. The maximum absolute atomic E-state index is 12.9. The summed E-state index contributed by atoms with van der Waals surface area (Å²) in [6.07, 6.45) is 8.92. The summed E-state index contributed by atoms with van der Waals surface area (Å²) in [6.45, 7) is 6.01. The van der Waals surface area contributed by atoms with Crippen LogP contribution in [0.2, 0.25) is 0 Å². The van der Waals surface area contributed by atoms with Crippen LogP contribution in [0.15, 0.2) is 18.3 Å². The average Bonchev–Trinajstić information content (AvgIpc) is 3.59. The Bertz CT molecular complexity index is 869. The number of aromatic nitrogens is 1. The molecule has 32 heavy (non-hydrogen) atoms. The lowest BCUT2D eigenvalue weighted by Crippen LogP contribution is -2.54. The number of hydrogen-bond donors (Lipinski definition) is 2. The molecule has 2 aliphatic carbocycles. The number of anilines is 1. The Kier molecular flexibility index (Phi) is 7.12. The van der Waals surface area contributed by atoms with E-state index in [1.165, 1.54) is 6.42 Å². The SMILES string of the molecule is CC1CN(CC(=O)NC2(C#Cc3ccc(NC(=O)C4CC4)nc3)CCCCC2)CC(C)O1. The molecule has 7 nitrogen and oxygen atoms in total. The van der Waals surface area contributed by atoms with Gasteiger partial charge in [0, 0.05) is 30.8 Å². The lowest BCUT2D eigenvalue weighted by atomic mass is 9.82. The standard InChI is InChI=1S/C25H34N4O3/c1-18-15-29(16-19(2)32-18)17-23(30)28-25(11-4-3-5-12-25)13-10-20-6-9-22(26-14-20)27-24(31)21-7-8-21/h6,9,14,18-19,21H,3-5,7-8,11-12,15-17H2,1-2H3,(H,28,30)(H,26,27,31). The molecular formula is C25H34N4O3. The van der Waals surface area contributed by atoms with Crippen LogP contribution in [0, 0.1) is 17.8 Å². The second-order valence-electron chi connectivity index (χ2n) is 9.59. The molecule has 3 aliphatic rings. The predicted molar refractivity (Wildman–Crippen MR) is 123 cm³/mol. The number of amides is 2. The molecule has 1 aliphatic heterocycles. The zero-order chi connectivity index (χ0) is 22.6. The highest BCUT2D eigenvalue weighted by Gasteiger charge is 2.33. The number of morpholine rings is 1. The Morgan fingerprint density at radius 1 is 1.16 bits per heavy atom. The van der Waals surface area contributed by atoms with E-state index in [9.17, 15) is 9.59 Å². The summed E-state index contributed by atoms with van der Waals surface area (Å²) in [5, 5.41) is 6.11. The topological polar surface area (TPSA) is 83.6 Å². The third-order valence-electron chi connectivity index (χ3n) is 6.36. The van der Waals surface area contributed by atoms with E-state index in [-0.39, 0.29) is 29.9 Å². The van der Waals surface area contributed by atoms with E-state index in [1.807, 2.05) is 19.9 Å². The minimum Gasteiger partial charge on any atom is -0.373 e. The first-order valence-electron chi connectivity index (χ1n) is 11.9. The highest BCUT2D eigenvalue weighted by molar-refractivity contribution is 5.93. The fourth-order valence-electron chi connectivity index (χ4n) is 4.67. The van der Waals surface area contributed by atoms with Gasteiger partial charge in [0.2, 0.25) is 11.8 Å². The van der Waals surface area contributed by atoms with E-state index in [0.29, 0.717) is 12.4 Å². The maximum Gasteiger partial charge on any atom is 0.235 e. The van der Waals surface area contributed by atoms with Crippen molar-refractivity contribution in [1.29, 1.82) is 0 Å². The molecule has 2 saturated carbocycles. The first-order chi connectivity index (χ1) is 15.4. The van der Waals surface area contributed by atoms with Crippen LogP contribution >= 0.6 is 0 Å². The van der Waals surface area contributed by atoms with Gasteiger partial charge >= 0.3 is 0 Å². The molecule has 2 heterocycles. The fraction of sp³-hybridized carbons (Fsp3) is 0.640. The summed E-state index contributed by atoms with van der Waals surface area (Å²) in [6, 6.07) is 3.66. The number of carbonyl (C=O) groups excluding carboxylic acids is 2. The van der Waals surface area contributed by atoms with Gasteiger partial charge in [0.15, 0.2) is 0 Å². The van der Waals surface area contributed by atoms with Crippen molar-refractivity contribution in [2.45, 2.75) is 76.5 Å². The van der Waals surface area contributed by atoms with Crippen LogP contribution in [0.3, 0.4) is 0 Å². The Morgan fingerprint density at radius 2 is 1.88 bits per heavy atom. The van der Waals surface area contributed by atoms with Crippen LogP contribution in [0.5, 0.6) is 0 Å². The number of rotatable bonds is 5. The van der Waals surface area contributed by atoms with Crippen LogP contribution in [-0.2, 0) is 14.3 Å². The minimum absolute atomic E-state index is 0.0266. The summed E-state index contributed by atoms with van der Waals surface area (Å²) in [7, 11) is 0. The summed E-state index contributed by atoms with van der Waals surface area (Å²) in [4.78, 5) is 31.3. The molecule has 0 spiro atoms.